The Labute approximate surface area is 201 Å². The Morgan fingerprint density at radius 3 is 2.03 bits per heavy atom. The molecule has 8 nitrogen and oxygen atoms in total. The van der Waals surface area contributed by atoms with Gasteiger partial charge in [-0.3, -0.25) is 19.6 Å². The fourth-order valence-electron chi connectivity index (χ4n) is 4.59. The van der Waals surface area contributed by atoms with Gasteiger partial charge in [-0.05, 0) is 47.5 Å². The first-order chi connectivity index (χ1) is 16.5. The highest BCUT2D eigenvalue weighted by atomic mass is 32.1. The van der Waals surface area contributed by atoms with Crippen molar-refractivity contribution >= 4 is 35.3 Å². The normalized spacial score (nSPS) is 12.8. The molecule has 0 amide bonds. The predicted octanol–water partition coefficient (Wildman–Crippen LogP) is 4.47. The van der Waals surface area contributed by atoms with Gasteiger partial charge in [-0.15, -0.1) is 0 Å². The fraction of sp³-hybridized carbons (Fsp3) is 0.0833. The van der Waals surface area contributed by atoms with Crippen molar-refractivity contribution in [3.05, 3.63) is 113 Å². The molecule has 4 N–H and O–H groups in total. The molecule has 0 bridgehead atoms. The van der Waals surface area contributed by atoms with Gasteiger partial charge in [-0.1, -0.05) is 48.5 Å². The Morgan fingerprint density at radius 1 is 0.794 bits per heavy atom. The molecule has 0 aliphatic carbocycles. The Hall–Kier alpha value is -4.02. The van der Waals surface area contributed by atoms with Crippen LogP contribution in [-0.2, 0) is 6.54 Å². The van der Waals surface area contributed by atoms with Crippen LogP contribution in [0, 0.1) is 9.54 Å². The number of aromatic amines is 4. The fourth-order valence-corrected chi connectivity index (χ4v) is 4.96. The molecule has 4 heterocycles. The molecule has 0 atom stereocenters. The lowest BCUT2D eigenvalue weighted by molar-refractivity contribution is 0.405. The first kappa shape index (κ1) is 20.6. The smallest absolute Gasteiger partial charge is 0.259 e. The van der Waals surface area contributed by atoms with E-state index < -0.39 is 17.0 Å². The average molecular weight is 488 g/mol. The van der Waals surface area contributed by atoms with Gasteiger partial charge >= 0.3 is 0 Å². The summed E-state index contributed by atoms with van der Waals surface area (Å²) < 4.78 is 8.26. The molecule has 0 radical (unpaired) electrons. The number of nitrogens with zero attached hydrogens (tertiary/aromatic N) is 1. The number of fused-ring (bicyclic) bond motifs is 3. The van der Waals surface area contributed by atoms with E-state index in [1.54, 1.807) is 0 Å². The topological polar surface area (TPSA) is 111 Å². The van der Waals surface area contributed by atoms with Gasteiger partial charge in [0.15, 0.2) is 9.54 Å². The lowest BCUT2D eigenvalue weighted by atomic mass is 9.89. The summed E-state index contributed by atoms with van der Waals surface area (Å²) in [5.74, 6) is -0.376. The molecule has 5 aromatic rings. The molecule has 168 valence electrons. The van der Waals surface area contributed by atoms with E-state index in [-0.39, 0.29) is 32.4 Å². The molecule has 1 aliphatic rings. The van der Waals surface area contributed by atoms with Crippen LogP contribution in [-0.4, -0.2) is 24.5 Å². The number of H-pyrrole nitrogens is 4. The first-order valence-electron chi connectivity index (χ1n) is 10.5. The number of benzene rings is 2. The van der Waals surface area contributed by atoms with Crippen LogP contribution in [0.2, 0.25) is 0 Å². The van der Waals surface area contributed by atoms with Crippen LogP contribution in [0.15, 0.2) is 70.3 Å². The molecule has 3 aromatic heterocycles. The number of nitrogens with one attached hydrogen (secondary N) is 4. The van der Waals surface area contributed by atoms with Crippen molar-refractivity contribution in [1.29, 1.82) is 0 Å². The van der Waals surface area contributed by atoms with E-state index in [2.05, 4.69) is 24.5 Å². The van der Waals surface area contributed by atoms with Crippen LogP contribution in [0.5, 0.6) is 11.8 Å². The zero-order chi connectivity index (χ0) is 23.4. The molecule has 0 unspecified atom stereocenters. The summed E-state index contributed by atoms with van der Waals surface area (Å²) in [5.41, 5.74) is 2.53. The number of hydrogen-bond donors (Lipinski definition) is 4. The van der Waals surface area contributed by atoms with Gasteiger partial charge in [0.1, 0.15) is 0 Å². The second-order valence-electron chi connectivity index (χ2n) is 8.04. The summed E-state index contributed by atoms with van der Waals surface area (Å²) in [5, 5.41) is 0.989. The Balaban J connectivity index is 1.70. The number of ether oxygens (including phenoxy) is 1. The van der Waals surface area contributed by atoms with Crippen molar-refractivity contribution in [2.24, 2.45) is 0 Å². The van der Waals surface area contributed by atoms with Gasteiger partial charge in [-0.2, -0.15) is 0 Å². The zero-order valence-electron chi connectivity index (χ0n) is 17.5. The summed E-state index contributed by atoms with van der Waals surface area (Å²) in [6, 6.07) is 20.0. The van der Waals surface area contributed by atoms with Crippen molar-refractivity contribution in [3.63, 3.8) is 0 Å². The van der Waals surface area contributed by atoms with Crippen LogP contribution in [0.25, 0.3) is 10.9 Å². The van der Waals surface area contributed by atoms with Crippen molar-refractivity contribution in [2.45, 2.75) is 12.5 Å². The maximum atomic E-state index is 13.2. The largest absolute Gasteiger partial charge is 0.423 e. The SMILES string of the molecule is O=c1[nH]c(=S)[nH]c2c1C(c1cc3ccccc3n1Cc1ccccc1)c1c([nH]c(=S)[nH]c1=O)O2. The molecule has 0 saturated carbocycles. The second-order valence-corrected chi connectivity index (χ2v) is 8.85. The molecule has 34 heavy (non-hydrogen) atoms. The van der Waals surface area contributed by atoms with Gasteiger partial charge < -0.3 is 19.3 Å². The Kier molecular flexibility index (Phi) is 4.71. The maximum absolute atomic E-state index is 13.2. The van der Waals surface area contributed by atoms with E-state index in [0.29, 0.717) is 6.54 Å². The van der Waals surface area contributed by atoms with E-state index in [4.69, 9.17) is 29.2 Å². The predicted molar refractivity (Wildman–Crippen MR) is 133 cm³/mol. The van der Waals surface area contributed by atoms with Crippen molar-refractivity contribution < 1.29 is 4.74 Å². The van der Waals surface area contributed by atoms with Crippen LogP contribution < -0.4 is 15.9 Å². The Morgan fingerprint density at radius 2 is 1.38 bits per heavy atom. The molecular formula is C24H17N5O3S2. The third-order valence-corrected chi connectivity index (χ3v) is 6.40. The highest BCUT2D eigenvalue weighted by Gasteiger charge is 2.37. The van der Waals surface area contributed by atoms with Gasteiger partial charge in [0.2, 0.25) is 11.8 Å². The second kappa shape index (κ2) is 7.79. The molecular weight excluding hydrogens is 470 g/mol. The van der Waals surface area contributed by atoms with Crippen LogP contribution >= 0.6 is 24.4 Å². The summed E-state index contributed by atoms with van der Waals surface area (Å²) in [6.45, 7) is 0.549. The monoisotopic (exact) mass is 487 g/mol. The van der Waals surface area contributed by atoms with Crippen LogP contribution in [0.4, 0.5) is 0 Å². The van der Waals surface area contributed by atoms with Gasteiger partial charge in [0.05, 0.1) is 17.0 Å². The zero-order valence-corrected chi connectivity index (χ0v) is 19.2. The average Bonchev–Trinajstić information content (AvgIpc) is 3.16. The lowest BCUT2D eigenvalue weighted by Gasteiger charge is -2.27. The van der Waals surface area contributed by atoms with E-state index in [0.717, 1.165) is 22.2 Å². The third-order valence-electron chi connectivity index (χ3n) is 5.99. The van der Waals surface area contributed by atoms with Gasteiger partial charge in [0.25, 0.3) is 11.1 Å². The minimum Gasteiger partial charge on any atom is -0.423 e. The molecule has 0 spiro atoms. The van der Waals surface area contributed by atoms with Crippen molar-refractivity contribution in [2.75, 3.05) is 0 Å². The molecule has 0 saturated heterocycles. The van der Waals surface area contributed by atoms with E-state index in [1.807, 2.05) is 60.7 Å². The summed E-state index contributed by atoms with van der Waals surface area (Å²) >= 11 is 10.3. The minimum absolute atomic E-state index is 0.124. The van der Waals surface area contributed by atoms with E-state index in [1.165, 1.54) is 0 Å². The molecule has 6 rings (SSSR count). The summed E-state index contributed by atoms with van der Waals surface area (Å²) in [6.07, 6.45) is 0. The number of rotatable bonds is 3. The highest BCUT2D eigenvalue weighted by molar-refractivity contribution is 7.71. The third kappa shape index (κ3) is 3.27. The molecule has 0 fully saturated rings. The van der Waals surface area contributed by atoms with E-state index in [9.17, 15) is 9.59 Å². The minimum atomic E-state index is -0.735. The number of aromatic nitrogens is 5. The Bertz CT molecular complexity index is 1740. The molecule has 1 aliphatic heterocycles. The summed E-state index contributed by atoms with van der Waals surface area (Å²) in [4.78, 5) is 37.4. The number of para-hydroxylation sites is 1. The highest BCUT2D eigenvalue weighted by Crippen LogP contribution is 2.43. The number of hydrogen-bond acceptors (Lipinski definition) is 5. The maximum Gasteiger partial charge on any atom is 0.259 e. The first-order valence-corrected chi connectivity index (χ1v) is 11.3. The molecule has 2 aromatic carbocycles. The molecule has 10 heteroatoms. The van der Waals surface area contributed by atoms with Crippen molar-refractivity contribution in [1.82, 2.24) is 24.5 Å². The standard InChI is InChI=1S/C24H17N5O3S2/c30-19-17-16(18-20(31)26-24(34)28-22(18)32-21(17)27-23(33)25-19)15-10-13-8-4-5-9-14(13)29(15)11-12-6-2-1-3-7-12/h1-10,16H,11H2,(H2,25,27,30,33)(H2,26,28,31,34). The quantitative estimate of drug-likeness (QED) is 0.275. The van der Waals surface area contributed by atoms with Gasteiger partial charge in [-0.25, -0.2) is 0 Å². The van der Waals surface area contributed by atoms with Crippen molar-refractivity contribution in [3.8, 4) is 11.8 Å². The van der Waals surface area contributed by atoms with E-state index >= 15 is 0 Å². The van der Waals surface area contributed by atoms with Crippen LogP contribution in [0.3, 0.4) is 0 Å². The summed E-state index contributed by atoms with van der Waals surface area (Å²) in [7, 11) is 0. The van der Waals surface area contributed by atoms with Gasteiger partial charge in [0, 0.05) is 17.8 Å². The van der Waals surface area contributed by atoms with Crippen LogP contribution in [0.1, 0.15) is 28.3 Å². The lowest BCUT2D eigenvalue weighted by Crippen LogP contribution is -2.31.